The fourth-order valence-corrected chi connectivity index (χ4v) is 3.73. The number of amides is 1. The maximum atomic E-state index is 11.6. The molecule has 32 heavy (non-hydrogen) atoms. The molecule has 4 unspecified atom stereocenters. The highest BCUT2D eigenvalue weighted by Crippen LogP contribution is 2.31. The van der Waals surface area contributed by atoms with Crippen LogP contribution in [0.3, 0.4) is 0 Å². The van der Waals surface area contributed by atoms with Crippen molar-refractivity contribution in [1.82, 2.24) is 5.32 Å². The first-order valence-electron chi connectivity index (χ1n) is 9.00. The molecule has 0 bridgehead atoms. The summed E-state index contributed by atoms with van der Waals surface area (Å²) in [4.78, 5) is 23.1. The zero-order valence-corrected chi connectivity index (χ0v) is 17.8. The summed E-state index contributed by atoms with van der Waals surface area (Å²) in [5.74, 6) is -2.25. The molecule has 0 aliphatic carbocycles. The number of aliphatic hydroxyl groups is 3. The molecule has 2 heterocycles. The molecule has 10 atom stereocenters. The highest BCUT2D eigenvalue weighted by atomic mass is 32.3. The SMILES string of the molecule is CO[C@@H]1O[C@@H](OS(=O)(=O)[O-])[C@H](O)C(O[C@@H]2O[C@@H](C(=O)O)[C@@H](OC)C(O)C2O)C1NC(C)=O. The van der Waals surface area contributed by atoms with Crippen LogP contribution in [0.1, 0.15) is 6.92 Å². The van der Waals surface area contributed by atoms with E-state index in [1.165, 1.54) is 0 Å². The van der Waals surface area contributed by atoms with Gasteiger partial charge in [-0.2, -0.15) is 0 Å². The lowest BCUT2D eigenvalue weighted by atomic mass is 9.97. The lowest BCUT2D eigenvalue weighted by Gasteiger charge is -2.47. The van der Waals surface area contributed by atoms with Gasteiger partial charge in [0.1, 0.15) is 36.6 Å². The second kappa shape index (κ2) is 10.6. The quantitative estimate of drug-likeness (QED) is 0.159. The molecule has 0 spiro atoms. The third-order valence-electron chi connectivity index (χ3n) is 4.70. The van der Waals surface area contributed by atoms with Crippen molar-refractivity contribution in [3.05, 3.63) is 0 Å². The summed E-state index contributed by atoms with van der Waals surface area (Å²) in [5.41, 5.74) is 0. The number of hydrogen-bond donors (Lipinski definition) is 5. The molecule has 2 fully saturated rings. The van der Waals surface area contributed by atoms with E-state index in [1.807, 2.05) is 0 Å². The van der Waals surface area contributed by atoms with Gasteiger partial charge in [0, 0.05) is 21.1 Å². The first kappa shape index (κ1) is 26.7. The fraction of sp³-hybridized carbons (Fsp3) is 0.867. The number of carboxylic acids is 1. The van der Waals surface area contributed by atoms with E-state index >= 15 is 0 Å². The third kappa shape index (κ3) is 6.08. The average Bonchev–Trinajstić information content (AvgIpc) is 2.68. The molecule has 16 nitrogen and oxygen atoms in total. The number of ether oxygens (including phenoxy) is 5. The first-order valence-corrected chi connectivity index (χ1v) is 10.3. The van der Waals surface area contributed by atoms with Crippen LogP contribution in [0.15, 0.2) is 0 Å². The van der Waals surface area contributed by atoms with Crippen LogP contribution in [-0.4, -0.2) is 121 Å². The van der Waals surface area contributed by atoms with E-state index in [2.05, 4.69) is 9.50 Å². The van der Waals surface area contributed by atoms with Crippen LogP contribution >= 0.6 is 0 Å². The molecule has 1 amide bonds. The number of carbonyl (C=O) groups is 2. The average molecular weight is 490 g/mol. The molecular weight excluding hydrogens is 466 g/mol. The van der Waals surface area contributed by atoms with Crippen molar-refractivity contribution < 1.29 is 70.9 Å². The highest BCUT2D eigenvalue weighted by Gasteiger charge is 2.53. The molecule has 2 aliphatic rings. The Morgan fingerprint density at radius 2 is 1.56 bits per heavy atom. The van der Waals surface area contributed by atoms with Crippen LogP contribution in [-0.2, 0) is 47.9 Å². The van der Waals surface area contributed by atoms with Gasteiger partial charge in [-0.25, -0.2) is 17.4 Å². The van der Waals surface area contributed by atoms with Crippen molar-refractivity contribution in [3.8, 4) is 0 Å². The number of carboxylic acid groups (broad SMARTS) is 1. The zero-order valence-electron chi connectivity index (χ0n) is 17.0. The van der Waals surface area contributed by atoms with Crippen molar-refractivity contribution in [3.63, 3.8) is 0 Å². The Kier molecular flexibility index (Phi) is 8.87. The summed E-state index contributed by atoms with van der Waals surface area (Å²) in [6.45, 7) is 1.08. The maximum Gasteiger partial charge on any atom is 0.335 e. The smallest absolute Gasteiger partial charge is 0.335 e. The summed E-state index contributed by atoms with van der Waals surface area (Å²) < 4.78 is 62.6. The van der Waals surface area contributed by atoms with Gasteiger partial charge in [0.15, 0.2) is 18.7 Å². The monoisotopic (exact) mass is 490 g/mol. The van der Waals surface area contributed by atoms with Gasteiger partial charge in [-0.05, 0) is 0 Å². The molecule has 0 aromatic carbocycles. The molecule has 0 aromatic rings. The molecule has 0 aromatic heterocycles. The minimum Gasteiger partial charge on any atom is -0.725 e. The Morgan fingerprint density at radius 1 is 0.938 bits per heavy atom. The van der Waals surface area contributed by atoms with E-state index in [4.69, 9.17) is 23.7 Å². The van der Waals surface area contributed by atoms with Crippen LogP contribution < -0.4 is 5.32 Å². The number of methoxy groups -OCH3 is 2. The molecule has 5 N–H and O–H groups in total. The summed E-state index contributed by atoms with van der Waals surface area (Å²) >= 11 is 0. The Morgan fingerprint density at radius 3 is 2.03 bits per heavy atom. The van der Waals surface area contributed by atoms with Crippen molar-refractivity contribution in [2.24, 2.45) is 0 Å². The van der Waals surface area contributed by atoms with Crippen LogP contribution in [0.25, 0.3) is 0 Å². The van der Waals surface area contributed by atoms with E-state index in [9.17, 15) is 43.0 Å². The number of nitrogens with one attached hydrogen (secondary N) is 1. The molecule has 2 saturated heterocycles. The second-order valence-corrected chi connectivity index (χ2v) is 7.88. The molecular formula is C15H24NO15S-. The summed E-state index contributed by atoms with van der Waals surface area (Å²) in [6, 6.07) is -1.39. The number of hydrogen-bond acceptors (Lipinski definition) is 14. The lowest BCUT2D eigenvalue weighted by Crippen LogP contribution is -2.68. The van der Waals surface area contributed by atoms with Gasteiger partial charge in [0.05, 0.1) is 0 Å². The van der Waals surface area contributed by atoms with Crippen molar-refractivity contribution >= 4 is 22.3 Å². The minimum absolute atomic E-state index is 0.676. The molecule has 17 heteroatoms. The second-order valence-electron chi connectivity index (χ2n) is 6.88. The molecule has 186 valence electrons. The van der Waals surface area contributed by atoms with E-state index in [0.717, 1.165) is 21.1 Å². The maximum absolute atomic E-state index is 11.6. The predicted molar refractivity (Wildman–Crippen MR) is 94.0 cm³/mol. The molecule has 2 rings (SSSR count). The Bertz CT molecular complexity index is 777. The van der Waals surface area contributed by atoms with Crippen molar-refractivity contribution in [2.75, 3.05) is 14.2 Å². The van der Waals surface area contributed by atoms with Crippen molar-refractivity contribution in [2.45, 2.75) is 68.5 Å². The molecule has 0 radical (unpaired) electrons. The summed E-state index contributed by atoms with van der Waals surface area (Å²) in [6.07, 6.45) is -16.5. The largest absolute Gasteiger partial charge is 0.725 e. The van der Waals surface area contributed by atoms with Crippen LogP contribution in [0.2, 0.25) is 0 Å². The zero-order chi connectivity index (χ0) is 24.4. The van der Waals surface area contributed by atoms with Gasteiger partial charge in [-0.1, -0.05) is 0 Å². The topological polar surface area (TPSA) is 240 Å². The van der Waals surface area contributed by atoms with Crippen LogP contribution in [0.4, 0.5) is 0 Å². The van der Waals surface area contributed by atoms with Gasteiger partial charge in [-0.15, -0.1) is 0 Å². The normalized spacial score (nSPS) is 40.6. The van der Waals surface area contributed by atoms with E-state index in [-0.39, 0.29) is 0 Å². The Labute approximate surface area is 181 Å². The van der Waals surface area contributed by atoms with Gasteiger partial charge in [-0.3, -0.25) is 4.79 Å². The van der Waals surface area contributed by atoms with Crippen LogP contribution in [0.5, 0.6) is 0 Å². The van der Waals surface area contributed by atoms with Crippen LogP contribution in [0, 0.1) is 0 Å². The fourth-order valence-electron chi connectivity index (χ4n) is 3.33. The van der Waals surface area contributed by atoms with Crippen molar-refractivity contribution in [1.29, 1.82) is 0 Å². The Balaban J connectivity index is 2.37. The van der Waals surface area contributed by atoms with Gasteiger partial charge in [0.2, 0.25) is 22.6 Å². The molecule has 0 saturated carbocycles. The number of aliphatic carboxylic acids is 1. The van der Waals surface area contributed by atoms with E-state index < -0.39 is 83.8 Å². The standard InChI is InChI=1S/C15H25NO15S/c1-4(17)16-5-9(8(20)15(30-13(5)27-3)31-32(23,24)25)28-14-7(19)6(18)10(26-2)11(29-14)12(21)22/h5-11,13-15,18-20H,1-3H3,(H,16,17)(H,21,22)(H,23,24,25)/p-1/t5?,6?,7?,8-,9?,10+,11-,13-,14-,15+/m1/s1. The van der Waals surface area contributed by atoms with Gasteiger partial charge in [0.25, 0.3) is 0 Å². The number of aliphatic hydroxyl groups excluding tert-OH is 3. The number of rotatable bonds is 8. The summed E-state index contributed by atoms with van der Waals surface area (Å²) in [5, 5.41) is 42.7. The van der Waals surface area contributed by atoms with Gasteiger partial charge < -0.3 is 54.0 Å². The Hall–Kier alpha value is -1.51. The third-order valence-corrected chi connectivity index (χ3v) is 5.12. The van der Waals surface area contributed by atoms with Gasteiger partial charge >= 0.3 is 5.97 Å². The first-order chi connectivity index (χ1) is 14.8. The summed E-state index contributed by atoms with van der Waals surface area (Å²) in [7, 11) is -3.23. The predicted octanol–water partition coefficient (Wildman–Crippen LogP) is -4.41. The van der Waals surface area contributed by atoms with E-state index in [0.29, 0.717) is 0 Å². The number of carbonyl (C=O) groups excluding carboxylic acids is 1. The minimum atomic E-state index is -5.38. The highest BCUT2D eigenvalue weighted by molar-refractivity contribution is 7.80. The molecule has 2 aliphatic heterocycles. The lowest BCUT2D eigenvalue weighted by molar-refractivity contribution is -0.353. The van der Waals surface area contributed by atoms with E-state index in [1.54, 1.807) is 0 Å².